The normalized spacial score (nSPS) is 12.3. The van der Waals surface area contributed by atoms with Crippen LogP contribution in [0.25, 0.3) is 0 Å². The van der Waals surface area contributed by atoms with Crippen LogP contribution in [-0.2, 0) is 9.47 Å². The maximum absolute atomic E-state index is 12.1. The van der Waals surface area contributed by atoms with Crippen molar-refractivity contribution < 1.29 is 19.0 Å². The minimum atomic E-state index is -0.483. The van der Waals surface area contributed by atoms with Gasteiger partial charge in [-0.15, -0.1) is 0 Å². The second-order valence-corrected chi connectivity index (χ2v) is 3.80. The second-order valence-electron chi connectivity index (χ2n) is 3.80. The summed E-state index contributed by atoms with van der Waals surface area (Å²) in [5.41, 5.74) is 0.484. The van der Waals surface area contributed by atoms with E-state index in [0.29, 0.717) is 11.3 Å². The Labute approximate surface area is 107 Å². The van der Waals surface area contributed by atoms with E-state index in [9.17, 15) is 4.79 Å². The smallest absolute Gasteiger partial charge is 0.255 e. The molecule has 18 heavy (non-hydrogen) atoms. The second kappa shape index (κ2) is 6.98. The van der Waals surface area contributed by atoms with Gasteiger partial charge in [-0.25, -0.2) is 0 Å². The zero-order valence-corrected chi connectivity index (χ0v) is 11.1. The molecule has 100 valence electrons. The zero-order valence-electron chi connectivity index (χ0n) is 11.1. The minimum Gasteiger partial charge on any atom is -0.496 e. The quantitative estimate of drug-likeness (QED) is 0.779. The zero-order chi connectivity index (χ0) is 13.5. The Morgan fingerprint density at radius 3 is 2.33 bits per heavy atom. The molecular formula is C13H19NO4. The molecule has 0 bridgehead atoms. The van der Waals surface area contributed by atoms with Crippen LogP contribution >= 0.6 is 0 Å². The molecule has 0 fully saturated rings. The summed E-state index contributed by atoms with van der Waals surface area (Å²) in [6.45, 7) is 1.81. The van der Waals surface area contributed by atoms with E-state index >= 15 is 0 Å². The molecule has 1 aromatic carbocycles. The first-order valence-corrected chi connectivity index (χ1v) is 5.63. The van der Waals surface area contributed by atoms with Gasteiger partial charge in [-0.3, -0.25) is 4.79 Å². The topological polar surface area (TPSA) is 56.8 Å². The summed E-state index contributed by atoms with van der Waals surface area (Å²) in [5, 5.41) is 2.80. The van der Waals surface area contributed by atoms with Gasteiger partial charge in [0.15, 0.2) is 6.29 Å². The molecule has 0 heterocycles. The Morgan fingerprint density at radius 1 is 1.17 bits per heavy atom. The van der Waals surface area contributed by atoms with Crippen LogP contribution in [-0.4, -0.2) is 39.6 Å². The third-order valence-corrected chi connectivity index (χ3v) is 2.58. The Balaban J connectivity index is 2.76. The number of carbonyl (C=O) groups excluding carboxylic acids is 1. The number of ether oxygens (including phenoxy) is 3. The number of benzene rings is 1. The molecule has 0 aliphatic carbocycles. The van der Waals surface area contributed by atoms with Gasteiger partial charge >= 0.3 is 0 Å². The average molecular weight is 253 g/mol. The molecule has 1 aromatic rings. The Kier molecular flexibility index (Phi) is 5.61. The van der Waals surface area contributed by atoms with Crippen LogP contribution < -0.4 is 10.1 Å². The standard InChI is InChI=1S/C13H19NO4/c1-9(13(17-3)18-4)14-12(15)10-7-5-6-8-11(10)16-2/h5-9,13H,1-4H3,(H,14,15). The number of methoxy groups -OCH3 is 3. The first-order chi connectivity index (χ1) is 8.63. The monoisotopic (exact) mass is 253 g/mol. The van der Waals surface area contributed by atoms with Crippen LogP contribution in [0.2, 0.25) is 0 Å². The highest BCUT2D eigenvalue weighted by Crippen LogP contribution is 2.17. The van der Waals surface area contributed by atoms with E-state index in [1.165, 1.54) is 21.3 Å². The largest absolute Gasteiger partial charge is 0.496 e. The fourth-order valence-electron chi connectivity index (χ4n) is 1.69. The maximum atomic E-state index is 12.1. The highest BCUT2D eigenvalue weighted by atomic mass is 16.7. The minimum absolute atomic E-state index is 0.223. The Morgan fingerprint density at radius 2 is 1.78 bits per heavy atom. The van der Waals surface area contributed by atoms with E-state index in [4.69, 9.17) is 14.2 Å². The van der Waals surface area contributed by atoms with Gasteiger partial charge < -0.3 is 19.5 Å². The first-order valence-electron chi connectivity index (χ1n) is 5.63. The van der Waals surface area contributed by atoms with Crippen molar-refractivity contribution >= 4 is 5.91 Å². The summed E-state index contributed by atoms with van der Waals surface area (Å²) in [7, 11) is 4.59. The van der Waals surface area contributed by atoms with Gasteiger partial charge in [-0.1, -0.05) is 12.1 Å². The number of hydrogen-bond acceptors (Lipinski definition) is 4. The number of hydrogen-bond donors (Lipinski definition) is 1. The molecule has 0 saturated carbocycles. The number of para-hydroxylation sites is 1. The number of carbonyl (C=O) groups is 1. The lowest BCUT2D eigenvalue weighted by atomic mass is 10.1. The van der Waals surface area contributed by atoms with Gasteiger partial charge in [-0.05, 0) is 19.1 Å². The molecule has 0 saturated heterocycles. The molecule has 0 aliphatic rings. The van der Waals surface area contributed by atoms with E-state index in [0.717, 1.165) is 0 Å². The van der Waals surface area contributed by atoms with Gasteiger partial charge in [0, 0.05) is 14.2 Å². The molecule has 5 heteroatoms. The van der Waals surface area contributed by atoms with E-state index in [2.05, 4.69) is 5.32 Å². The van der Waals surface area contributed by atoms with Crippen molar-refractivity contribution in [2.45, 2.75) is 19.3 Å². The summed E-state index contributed by atoms with van der Waals surface area (Å²) in [6, 6.07) is 6.77. The predicted molar refractivity (Wildman–Crippen MR) is 67.7 cm³/mol. The van der Waals surface area contributed by atoms with Gasteiger partial charge in [-0.2, -0.15) is 0 Å². The summed E-state index contributed by atoms with van der Waals surface area (Å²) in [6.07, 6.45) is -0.483. The highest BCUT2D eigenvalue weighted by Gasteiger charge is 2.20. The molecule has 1 unspecified atom stereocenters. The predicted octanol–water partition coefficient (Wildman–Crippen LogP) is 1.43. The molecular weight excluding hydrogens is 234 g/mol. The van der Waals surface area contributed by atoms with Crippen LogP contribution in [0.1, 0.15) is 17.3 Å². The van der Waals surface area contributed by atoms with Gasteiger partial charge in [0.05, 0.1) is 18.7 Å². The van der Waals surface area contributed by atoms with E-state index in [1.54, 1.807) is 18.2 Å². The molecule has 0 aromatic heterocycles. The maximum Gasteiger partial charge on any atom is 0.255 e. The van der Waals surface area contributed by atoms with Gasteiger partial charge in [0.2, 0.25) is 0 Å². The third kappa shape index (κ3) is 3.45. The lowest BCUT2D eigenvalue weighted by Gasteiger charge is -2.22. The average Bonchev–Trinajstić information content (AvgIpc) is 2.40. The first kappa shape index (κ1) is 14.5. The molecule has 5 nitrogen and oxygen atoms in total. The number of rotatable bonds is 6. The van der Waals surface area contributed by atoms with Crippen molar-refractivity contribution in [1.82, 2.24) is 5.32 Å². The molecule has 0 aliphatic heterocycles. The van der Waals surface area contributed by atoms with Crippen molar-refractivity contribution in [3.63, 3.8) is 0 Å². The van der Waals surface area contributed by atoms with Crippen LogP contribution in [0.3, 0.4) is 0 Å². The molecule has 1 N–H and O–H groups in total. The fourth-order valence-corrected chi connectivity index (χ4v) is 1.69. The van der Waals surface area contributed by atoms with Crippen molar-refractivity contribution in [3.8, 4) is 5.75 Å². The summed E-state index contributed by atoms with van der Waals surface area (Å²) < 4.78 is 15.3. The van der Waals surface area contributed by atoms with Crippen molar-refractivity contribution in [2.24, 2.45) is 0 Å². The molecule has 1 rings (SSSR count). The van der Waals surface area contributed by atoms with Gasteiger partial charge in [0.25, 0.3) is 5.91 Å². The fraction of sp³-hybridized carbons (Fsp3) is 0.462. The van der Waals surface area contributed by atoms with E-state index < -0.39 is 6.29 Å². The molecule has 1 atom stereocenters. The summed E-state index contributed by atoms with van der Waals surface area (Å²) >= 11 is 0. The molecule has 0 spiro atoms. The highest BCUT2D eigenvalue weighted by molar-refractivity contribution is 5.97. The van der Waals surface area contributed by atoms with Crippen molar-refractivity contribution in [2.75, 3.05) is 21.3 Å². The molecule has 0 radical (unpaired) electrons. The van der Waals surface area contributed by atoms with Crippen molar-refractivity contribution in [3.05, 3.63) is 29.8 Å². The van der Waals surface area contributed by atoms with Crippen molar-refractivity contribution in [1.29, 1.82) is 0 Å². The lowest BCUT2D eigenvalue weighted by molar-refractivity contribution is -0.117. The lowest BCUT2D eigenvalue weighted by Crippen LogP contribution is -2.43. The van der Waals surface area contributed by atoms with E-state index in [1.807, 2.05) is 13.0 Å². The van der Waals surface area contributed by atoms with Crippen LogP contribution in [0.15, 0.2) is 24.3 Å². The number of amides is 1. The third-order valence-electron chi connectivity index (χ3n) is 2.58. The Hall–Kier alpha value is -1.59. The number of nitrogens with one attached hydrogen (secondary N) is 1. The molecule has 1 amide bonds. The van der Waals surface area contributed by atoms with Crippen LogP contribution in [0, 0.1) is 0 Å². The van der Waals surface area contributed by atoms with E-state index in [-0.39, 0.29) is 11.9 Å². The Bertz CT molecular complexity index is 390. The van der Waals surface area contributed by atoms with Crippen LogP contribution in [0.5, 0.6) is 5.75 Å². The van der Waals surface area contributed by atoms with Gasteiger partial charge in [0.1, 0.15) is 5.75 Å². The SMILES string of the molecule is COc1ccccc1C(=O)NC(C)C(OC)OC. The van der Waals surface area contributed by atoms with Crippen LogP contribution in [0.4, 0.5) is 0 Å². The summed E-state index contributed by atoms with van der Waals surface area (Å²) in [5.74, 6) is 0.313. The summed E-state index contributed by atoms with van der Waals surface area (Å²) in [4.78, 5) is 12.1.